The number of aryl methyl sites for hydroxylation is 1. The van der Waals surface area contributed by atoms with E-state index in [9.17, 15) is 4.79 Å². The molecule has 7 heteroatoms. The molecule has 1 aliphatic heterocycles. The summed E-state index contributed by atoms with van der Waals surface area (Å²) in [5.74, 6) is 1.46. The van der Waals surface area contributed by atoms with Crippen molar-refractivity contribution in [1.82, 2.24) is 20.1 Å². The van der Waals surface area contributed by atoms with Gasteiger partial charge in [0.2, 0.25) is 17.7 Å². The van der Waals surface area contributed by atoms with Gasteiger partial charge < -0.3 is 9.32 Å². The Kier molecular flexibility index (Phi) is 6.35. The third kappa shape index (κ3) is 4.49. The van der Waals surface area contributed by atoms with E-state index in [1.807, 2.05) is 16.5 Å². The molecular weight excluding hydrogens is 420 g/mol. The Labute approximate surface area is 193 Å². The van der Waals surface area contributed by atoms with Crippen molar-refractivity contribution in [1.29, 1.82) is 0 Å². The van der Waals surface area contributed by atoms with Gasteiger partial charge in [0, 0.05) is 37.5 Å². The second kappa shape index (κ2) is 9.53. The first-order valence-corrected chi connectivity index (χ1v) is 12.6. The number of likely N-dealkylation sites (tertiary alicyclic amines) is 1. The number of hydrogen-bond donors (Lipinski definition) is 0. The highest BCUT2D eigenvalue weighted by Crippen LogP contribution is 2.35. The van der Waals surface area contributed by atoms with E-state index in [0.29, 0.717) is 23.6 Å². The summed E-state index contributed by atoms with van der Waals surface area (Å²) in [6.07, 6.45) is 10.2. The van der Waals surface area contributed by atoms with Crippen LogP contribution >= 0.6 is 11.3 Å². The highest BCUT2D eigenvalue weighted by Gasteiger charge is 2.34. The van der Waals surface area contributed by atoms with Crippen molar-refractivity contribution in [2.45, 2.75) is 69.6 Å². The van der Waals surface area contributed by atoms with Crippen LogP contribution in [-0.4, -0.2) is 39.1 Å². The fourth-order valence-electron chi connectivity index (χ4n) is 5.18. The largest absolute Gasteiger partial charge is 0.424 e. The summed E-state index contributed by atoms with van der Waals surface area (Å²) in [7, 11) is 0. The summed E-state index contributed by atoms with van der Waals surface area (Å²) in [5, 5.41) is 11.4. The van der Waals surface area contributed by atoms with E-state index in [1.54, 1.807) is 18.3 Å². The zero-order chi connectivity index (χ0) is 21.9. The molecular formula is C25H30N4O2S. The third-order valence-corrected chi connectivity index (χ3v) is 7.93. The van der Waals surface area contributed by atoms with Crippen molar-refractivity contribution in [3.63, 3.8) is 0 Å². The zero-order valence-electron chi connectivity index (χ0n) is 18.6. The van der Waals surface area contributed by atoms with Crippen molar-refractivity contribution < 1.29 is 9.21 Å². The number of amides is 1. The minimum Gasteiger partial charge on any atom is -0.424 e. The second-order valence-corrected chi connectivity index (χ2v) is 9.99. The van der Waals surface area contributed by atoms with Crippen molar-refractivity contribution in [3.8, 4) is 0 Å². The first-order chi connectivity index (χ1) is 15.7. The molecule has 1 saturated heterocycles. The molecule has 1 amide bonds. The van der Waals surface area contributed by atoms with Crippen LogP contribution in [0.1, 0.15) is 90.6 Å². The van der Waals surface area contributed by atoms with Gasteiger partial charge in [-0.2, -0.15) is 0 Å². The van der Waals surface area contributed by atoms with E-state index in [2.05, 4.69) is 39.4 Å². The molecule has 1 saturated carbocycles. The lowest BCUT2D eigenvalue weighted by Gasteiger charge is -2.33. The fraction of sp³-hybridized carbons (Fsp3) is 0.520. The number of benzene rings is 1. The molecule has 1 atom stereocenters. The summed E-state index contributed by atoms with van der Waals surface area (Å²) in [5.41, 5.74) is 2.31. The number of rotatable bonds is 5. The molecule has 168 valence electrons. The van der Waals surface area contributed by atoms with Gasteiger partial charge in [0.25, 0.3) is 0 Å². The van der Waals surface area contributed by atoms with Gasteiger partial charge in [0.1, 0.15) is 5.92 Å². The number of carbonyl (C=O) groups is 1. The summed E-state index contributed by atoms with van der Waals surface area (Å²) >= 11 is 1.71. The smallest absolute Gasteiger partial charge is 0.239 e. The molecule has 3 aromatic rings. The predicted molar refractivity (Wildman–Crippen MR) is 124 cm³/mol. The van der Waals surface area contributed by atoms with E-state index >= 15 is 0 Å². The predicted octanol–water partition coefficient (Wildman–Crippen LogP) is 5.42. The highest BCUT2D eigenvalue weighted by molar-refractivity contribution is 7.09. The van der Waals surface area contributed by atoms with Gasteiger partial charge in [-0.05, 0) is 42.7 Å². The Balaban J connectivity index is 1.35. The Morgan fingerprint density at radius 3 is 2.41 bits per heavy atom. The normalized spacial score (nSPS) is 19.2. The van der Waals surface area contributed by atoms with Gasteiger partial charge in [-0.3, -0.25) is 4.79 Å². The van der Waals surface area contributed by atoms with Gasteiger partial charge >= 0.3 is 0 Å². The van der Waals surface area contributed by atoms with Crippen LogP contribution in [0.2, 0.25) is 0 Å². The molecule has 1 aromatic carbocycles. The van der Waals surface area contributed by atoms with Gasteiger partial charge in [0.15, 0.2) is 0 Å². The van der Waals surface area contributed by atoms with Crippen molar-refractivity contribution in [3.05, 3.63) is 63.8 Å². The van der Waals surface area contributed by atoms with Gasteiger partial charge in [0.05, 0.1) is 5.01 Å². The second-order valence-electron chi connectivity index (χ2n) is 9.06. The van der Waals surface area contributed by atoms with Gasteiger partial charge in [-0.1, -0.05) is 43.5 Å². The van der Waals surface area contributed by atoms with Crippen LogP contribution < -0.4 is 0 Å². The quantitative estimate of drug-likeness (QED) is 0.519. The number of thiazole rings is 1. The van der Waals surface area contributed by atoms with Crippen LogP contribution in [-0.2, 0) is 4.79 Å². The molecule has 0 bridgehead atoms. The maximum Gasteiger partial charge on any atom is 0.239 e. The first kappa shape index (κ1) is 21.3. The molecule has 1 unspecified atom stereocenters. The molecule has 32 heavy (non-hydrogen) atoms. The van der Waals surface area contributed by atoms with Crippen molar-refractivity contribution in [2.75, 3.05) is 13.1 Å². The summed E-state index contributed by atoms with van der Waals surface area (Å²) in [6.45, 7) is 3.23. The zero-order valence-corrected chi connectivity index (χ0v) is 19.4. The van der Waals surface area contributed by atoms with E-state index in [1.165, 1.54) is 42.7 Å². The van der Waals surface area contributed by atoms with Crippen LogP contribution in [0.5, 0.6) is 0 Å². The molecule has 0 spiro atoms. The lowest BCUT2D eigenvalue weighted by molar-refractivity contribution is -0.133. The molecule has 0 radical (unpaired) electrons. The monoisotopic (exact) mass is 450 g/mol. The van der Waals surface area contributed by atoms with E-state index < -0.39 is 5.92 Å². The number of aromatic nitrogens is 3. The Bertz CT molecular complexity index is 1020. The van der Waals surface area contributed by atoms with Crippen LogP contribution in [0.15, 0.2) is 40.3 Å². The minimum atomic E-state index is -0.548. The van der Waals surface area contributed by atoms with Gasteiger partial charge in [-0.25, -0.2) is 4.98 Å². The lowest BCUT2D eigenvalue weighted by atomic mass is 9.83. The number of hydrogen-bond acceptors (Lipinski definition) is 6. The topological polar surface area (TPSA) is 72.1 Å². The van der Waals surface area contributed by atoms with Crippen LogP contribution in [0, 0.1) is 6.92 Å². The molecule has 2 aromatic heterocycles. The van der Waals surface area contributed by atoms with Crippen molar-refractivity contribution in [2.24, 2.45) is 0 Å². The summed E-state index contributed by atoms with van der Waals surface area (Å²) in [4.78, 5) is 20.1. The standard InChI is InChI=1S/C25H30N4O2S/c1-17-27-28-23(31-17)22(20-9-7-19(8-10-20)18-5-3-2-4-6-18)25(30)29-14-11-21(12-15-29)24-26-13-16-32-24/h7-10,13,16,18,21-22H,2-6,11-12,14-15H2,1H3. The molecule has 5 rings (SSSR count). The molecule has 0 N–H and O–H groups in total. The van der Waals surface area contributed by atoms with Crippen molar-refractivity contribution >= 4 is 17.2 Å². The number of nitrogens with zero attached hydrogens (tertiary/aromatic N) is 4. The Morgan fingerprint density at radius 1 is 1.03 bits per heavy atom. The molecule has 2 aliphatic rings. The fourth-order valence-corrected chi connectivity index (χ4v) is 5.99. The minimum absolute atomic E-state index is 0.0525. The summed E-state index contributed by atoms with van der Waals surface area (Å²) < 4.78 is 5.76. The van der Waals surface area contributed by atoms with Crippen LogP contribution in [0.3, 0.4) is 0 Å². The van der Waals surface area contributed by atoms with Crippen LogP contribution in [0.4, 0.5) is 0 Å². The van der Waals surface area contributed by atoms with E-state index in [0.717, 1.165) is 31.5 Å². The third-order valence-electron chi connectivity index (χ3n) is 6.99. The first-order valence-electron chi connectivity index (χ1n) is 11.8. The molecule has 6 nitrogen and oxygen atoms in total. The van der Waals surface area contributed by atoms with Crippen LogP contribution in [0.25, 0.3) is 0 Å². The highest BCUT2D eigenvalue weighted by atomic mass is 32.1. The molecule has 3 heterocycles. The summed E-state index contributed by atoms with van der Waals surface area (Å²) in [6, 6.07) is 8.58. The van der Waals surface area contributed by atoms with E-state index in [4.69, 9.17) is 4.42 Å². The number of carbonyl (C=O) groups excluding carboxylic acids is 1. The number of piperidine rings is 1. The Hall–Kier alpha value is -2.54. The maximum atomic E-state index is 13.7. The molecule has 1 aliphatic carbocycles. The maximum absolute atomic E-state index is 13.7. The Morgan fingerprint density at radius 2 is 1.78 bits per heavy atom. The SMILES string of the molecule is Cc1nnc(C(C(=O)N2CCC(c3nccs3)CC2)c2ccc(C3CCCCC3)cc2)o1. The molecule has 2 fully saturated rings. The average molecular weight is 451 g/mol. The van der Waals surface area contributed by atoms with Gasteiger partial charge in [-0.15, -0.1) is 21.5 Å². The van der Waals surface area contributed by atoms with E-state index in [-0.39, 0.29) is 5.91 Å². The lowest BCUT2D eigenvalue weighted by Crippen LogP contribution is -2.41. The average Bonchev–Trinajstić information content (AvgIpc) is 3.53.